The van der Waals surface area contributed by atoms with Crippen LogP contribution in [-0.4, -0.2) is 18.4 Å². The van der Waals surface area contributed by atoms with Gasteiger partial charge in [0, 0.05) is 10.9 Å². The number of carbonyl (C=O) groups excluding carboxylic acids is 2. The number of amides is 2. The number of nitrogens with one attached hydrogen (secondary N) is 2. The molecule has 0 saturated carbocycles. The second kappa shape index (κ2) is 6.72. The van der Waals surface area contributed by atoms with Gasteiger partial charge in [-0.05, 0) is 42.6 Å². The first kappa shape index (κ1) is 14.1. The van der Waals surface area contributed by atoms with Crippen LogP contribution in [0, 0.1) is 0 Å². The quantitative estimate of drug-likeness (QED) is 0.848. The Balaban J connectivity index is 1.90. The highest BCUT2D eigenvalue weighted by Crippen LogP contribution is 2.11. The van der Waals surface area contributed by atoms with E-state index >= 15 is 0 Å². The Kier molecular flexibility index (Phi) is 4.73. The van der Waals surface area contributed by atoms with Gasteiger partial charge >= 0.3 is 0 Å². The molecule has 2 N–H and O–H groups in total. The molecule has 0 atom stereocenters. The Morgan fingerprint density at radius 3 is 2.25 bits per heavy atom. The Morgan fingerprint density at radius 1 is 1.05 bits per heavy atom. The molecular weight excluding hydrogens is 276 g/mol. The minimum Gasteiger partial charge on any atom is -0.494 e. The number of hydrogen-bond donors (Lipinski definition) is 2. The largest absolute Gasteiger partial charge is 0.494 e. The molecule has 0 aliphatic heterocycles. The van der Waals surface area contributed by atoms with E-state index in [-0.39, 0.29) is 11.8 Å². The SMILES string of the molecule is CCOc1ccc(C(=O)NNC(=O)c2ccsc2)cc1. The van der Waals surface area contributed by atoms with E-state index in [1.54, 1.807) is 41.1 Å². The Morgan fingerprint density at radius 2 is 1.70 bits per heavy atom. The van der Waals surface area contributed by atoms with Crippen LogP contribution in [0.15, 0.2) is 41.1 Å². The summed E-state index contributed by atoms with van der Waals surface area (Å²) in [6.07, 6.45) is 0. The van der Waals surface area contributed by atoms with Gasteiger partial charge in [0.1, 0.15) is 5.75 Å². The van der Waals surface area contributed by atoms with Gasteiger partial charge in [0.05, 0.1) is 12.2 Å². The van der Waals surface area contributed by atoms with Crippen LogP contribution >= 0.6 is 11.3 Å². The van der Waals surface area contributed by atoms with Gasteiger partial charge in [0.25, 0.3) is 11.8 Å². The lowest BCUT2D eigenvalue weighted by molar-refractivity contribution is 0.0847. The van der Waals surface area contributed by atoms with Crippen LogP contribution in [0.3, 0.4) is 0 Å². The average molecular weight is 290 g/mol. The molecule has 0 saturated heterocycles. The van der Waals surface area contributed by atoms with Crippen LogP contribution < -0.4 is 15.6 Å². The fourth-order valence-electron chi connectivity index (χ4n) is 1.52. The zero-order valence-electron chi connectivity index (χ0n) is 10.9. The van der Waals surface area contributed by atoms with Crippen LogP contribution in [0.5, 0.6) is 5.75 Å². The molecule has 2 rings (SSSR count). The van der Waals surface area contributed by atoms with Crippen molar-refractivity contribution in [2.45, 2.75) is 6.92 Å². The molecule has 0 radical (unpaired) electrons. The van der Waals surface area contributed by atoms with Gasteiger partial charge in [-0.15, -0.1) is 0 Å². The van der Waals surface area contributed by atoms with E-state index in [1.165, 1.54) is 11.3 Å². The Bertz CT molecular complexity index is 579. The first-order valence-electron chi connectivity index (χ1n) is 6.06. The molecule has 0 aliphatic rings. The van der Waals surface area contributed by atoms with E-state index in [0.29, 0.717) is 23.5 Å². The van der Waals surface area contributed by atoms with Gasteiger partial charge in [-0.2, -0.15) is 11.3 Å². The topological polar surface area (TPSA) is 67.4 Å². The van der Waals surface area contributed by atoms with Crippen molar-refractivity contribution in [3.05, 3.63) is 52.2 Å². The molecule has 104 valence electrons. The second-order valence-electron chi connectivity index (χ2n) is 3.88. The van der Waals surface area contributed by atoms with Crippen LogP contribution in [0.25, 0.3) is 0 Å². The van der Waals surface area contributed by atoms with Gasteiger partial charge in [-0.1, -0.05) is 0 Å². The van der Waals surface area contributed by atoms with Crippen molar-refractivity contribution < 1.29 is 14.3 Å². The van der Waals surface area contributed by atoms with Crippen molar-refractivity contribution in [1.29, 1.82) is 0 Å². The summed E-state index contributed by atoms with van der Waals surface area (Å²) in [5, 5.41) is 3.50. The van der Waals surface area contributed by atoms with E-state index in [0.717, 1.165) is 0 Å². The van der Waals surface area contributed by atoms with Crippen molar-refractivity contribution in [3.8, 4) is 5.75 Å². The fraction of sp³-hybridized carbons (Fsp3) is 0.143. The summed E-state index contributed by atoms with van der Waals surface area (Å²) in [5.74, 6) is -0.0199. The number of thiophene rings is 1. The summed E-state index contributed by atoms with van der Waals surface area (Å²) < 4.78 is 5.29. The zero-order chi connectivity index (χ0) is 14.4. The van der Waals surface area contributed by atoms with Crippen molar-refractivity contribution in [1.82, 2.24) is 10.9 Å². The number of hydrogen-bond acceptors (Lipinski definition) is 4. The summed E-state index contributed by atoms with van der Waals surface area (Å²) in [5.41, 5.74) is 5.68. The van der Waals surface area contributed by atoms with Gasteiger partial charge in [0.2, 0.25) is 0 Å². The smallest absolute Gasteiger partial charge is 0.270 e. The van der Waals surface area contributed by atoms with Crippen molar-refractivity contribution in [3.63, 3.8) is 0 Å². The fourth-order valence-corrected chi connectivity index (χ4v) is 2.16. The molecule has 1 heterocycles. The molecule has 6 heteroatoms. The lowest BCUT2D eigenvalue weighted by atomic mass is 10.2. The lowest BCUT2D eigenvalue weighted by Crippen LogP contribution is -2.41. The lowest BCUT2D eigenvalue weighted by Gasteiger charge is -2.07. The molecule has 0 aliphatic carbocycles. The molecule has 2 aromatic rings. The Hall–Kier alpha value is -2.34. The highest BCUT2D eigenvalue weighted by atomic mass is 32.1. The van der Waals surface area contributed by atoms with E-state index in [2.05, 4.69) is 10.9 Å². The monoisotopic (exact) mass is 290 g/mol. The van der Waals surface area contributed by atoms with Gasteiger partial charge in [0.15, 0.2) is 0 Å². The number of hydrazine groups is 1. The molecule has 1 aromatic heterocycles. The second-order valence-corrected chi connectivity index (χ2v) is 4.66. The number of ether oxygens (including phenoxy) is 1. The van der Waals surface area contributed by atoms with Crippen LogP contribution in [0.1, 0.15) is 27.6 Å². The first-order valence-corrected chi connectivity index (χ1v) is 7.00. The maximum atomic E-state index is 11.8. The average Bonchev–Trinajstić information content (AvgIpc) is 3.00. The third kappa shape index (κ3) is 3.58. The van der Waals surface area contributed by atoms with E-state index in [1.807, 2.05) is 6.92 Å². The highest BCUT2D eigenvalue weighted by molar-refractivity contribution is 7.08. The van der Waals surface area contributed by atoms with Gasteiger partial charge < -0.3 is 4.74 Å². The number of benzene rings is 1. The number of carbonyl (C=O) groups is 2. The van der Waals surface area contributed by atoms with Crippen LogP contribution in [0.4, 0.5) is 0 Å². The minimum atomic E-state index is -0.378. The zero-order valence-corrected chi connectivity index (χ0v) is 11.7. The van der Waals surface area contributed by atoms with Crippen molar-refractivity contribution >= 4 is 23.2 Å². The normalized spacial score (nSPS) is 9.85. The number of rotatable bonds is 4. The third-order valence-corrected chi connectivity index (χ3v) is 3.18. The predicted molar refractivity (Wildman–Crippen MR) is 76.9 cm³/mol. The highest BCUT2D eigenvalue weighted by Gasteiger charge is 2.09. The first-order chi connectivity index (χ1) is 9.70. The van der Waals surface area contributed by atoms with Gasteiger partial charge in [-0.25, -0.2) is 0 Å². The van der Waals surface area contributed by atoms with Crippen molar-refractivity contribution in [2.24, 2.45) is 0 Å². The molecule has 1 aromatic carbocycles. The molecule has 0 unspecified atom stereocenters. The molecule has 0 bridgehead atoms. The molecule has 5 nitrogen and oxygen atoms in total. The van der Waals surface area contributed by atoms with Gasteiger partial charge in [-0.3, -0.25) is 20.4 Å². The maximum Gasteiger partial charge on any atom is 0.270 e. The van der Waals surface area contributed by atoms with E-state index in [4.69, 9.17) is 4.74 Å². The maximum absolute atomic E-state index is 11.8. The molecule has 2 amide bonds. The Labute approximate surface area is 120 Å². The standard InChI is InChI=1S/C14H14N2O3S/c1-2-19-12-5-3-10(4-6-12)13(17)15-16-14(18)11-7-8-20-9-11/h3-9H,2H2,1H3,(H,15,17)(H,16,18). The molecule has 20 heavy (non-hydrogen) atoms. The summed E-state index contributed by atoms with van der Waals surface area (Å²) in [7, 11) is 0. The van der Waals surface area contributed by atoms with Crippen LogP contribution in [0.2, 0.25) is 0 Å². The summed E-state index contributed by atoms with van der Waals surface area (Å²) in [6, 6.07) is 8.37. The molecule has 0 fully saturated rings. The third-order valence-electron chi connectivity index (χ3n) is 2.50. The van der Waals surface area contributed by atoms with Crippen LogP contribution in [-0.2, 0) is 0 Å². The predicted octanol–water partition coefficient (Wildman–Crippen LogP) is 2.22. The minimum absolute atomic E-state index is 0.342. The summed E-state index contributed by atoms with van der Waals surface area (Å²) >= 11 is 1.42. The summed E-state index contributed by atoms with van der Waals surface area (Å²) in [6.45, 7) is 2.46. The van der Waals surface area contributed by atoms with E-state index in [9.17, 15) is 9.59 Å². The molecule has 0 spiro atoms. The summed E-state index contributed by atoms with van der Waals surface area (Å²) in [4.78, 5) is 23.5. The van der Waals surface area contributed by atoms with Crippen molar-refractivity contribution in [2.75, 3.05) is 6.61 Å². The molecular formula is C14H14N2O3S. The van der Waals surface area contributed by atoms with E-state index < -0.39 is 0 Å².